The fourth-order valence-corrected chi connectivity index (χ4v) is 1.73. The van der Waals surface area contributed by atoms with Crippen molar-refractivity contribution >= 4 is 28.9 Å². The summed E-state index contributed by atoms with van der Waals surface area (Å²) in [5.41, 5.74) is 6.37. The Morgan fingerprint density at radius 1 is 1.17 bits per heavy atom. The van der Waals surface area contributed by atoms with Gasteiger partial charge in [0, 0.05) is 23.5 Å². The Bertz CT molecular complexity index is 743. The normalized spacial score (nSPS) is 9.91. The van der Waals surface area contributed by atoms with Gasteiger partial charge in [0.2, 0.25) is 0 Å². The first-order valence-electron chi connectivity index (χ1n) is 6.52. The van der Waals surface area contributed by atoms with Crippen LogP contribution in [-0.4, -0.2) is 23.4 Å². The van der Waals surface area contributed by atoms with Crippen LogP contribution in [0, 0.1) is 10.1 Å². The van der Waals surface area contributed by atoms with E-state index in [-0.39, 0.29) is 16.9 Å². The fourth-order valence-electron chi connectivity index (χ4n) is 1.73. The molecule has 1 amide bonds. The Morgan fingerprint density at radius 2 is 1.87 bits per heavy atom. The number of nitrogens with two attached hydrogens (primary N) is 1. The van der Waals surface area contributed by atoms with Gasteiger partial charge in [-0.3, -0.25) is 14.9 Å². The summed E-state index contributed by atoms with van der Waals surface area (Å²) in [6.07, 6.45) is 0. The molecule has 0 radical (unpaired) electrons. The van der Waals surface area contributed by atoms with E-state index in [1.54, 1.807) is 12.1 Å². The van der Waals surface area contributed by atoms with Crippen molar-refractivity contribution in [3.8, 4) is 0 Å². The highest BCUT2D eigenvalue weighted by molar-refractivity contribution is 5.95. The molecule has 0 aromatic heterocycles. The van der Waals surface area contributed by atoms with Crippen molar-refractivity contribution in [2.75, 3.05) is 17.7 Å². The van der Waals surface area contributed by atoms with Crippen molar-refractivity contribution < 1.29 is 19.2 Å². The standard InChI is InChI=1S/C15H13N3O5/c16-11-6-4-10(5-7-11)15(20)23-9-14(19)17-12-2-1-3-13(8-12)18(21)22/h1-8H,9,16H2,(H,17,19). The molecular formula is C15H13N3O5. The second-order valence-corrected chi connectivity index (χ2v) is 4.55. The maximum atomic E-state index is 11.7. The van der Waals surface area contributed by atoms with Crippen LogP contribution in [0.15, 0.2) is 48.5 Å². The van der Waals surface area contributed by atoms with Gasteiger partial charge in [0.1, 0.15) is 0 Å². The number of nitro groups is 1. The molecule has 8 heteroatoms. The highest BCUT2D eigenvalue weighted by Gasteiger charge is 2.11. The quantitative estimate of drug-likeness (QED) is 0.376. The van der Waals surface area contributed by atoms with Gasteiger partial charge in [0.15, 0.2) is 6.61 Å². The summed E-state index contributed by atoms with van der Waals surface area (Å²) in [5, 5.41) is 13.1. The van der Waals surface area contributed by atoms with E-state index in [9.17, 15) is 19.7 Å². The first kappa shape index (κ1) is 16.0. The van der Waals surface area contributed by atoms with Gasteiger partial charge in [0.05, 0.1) is 10.5 Å². The van der Waals surface area contributed by atoms with Gasteiger partial charge in [0.25, 0.3) is 11.6 Å². The molecule has 0 saturated heterocycles. The lowest BCUT2D eigenvalue weighted by molar-refractivity contribution is -0.384. The molecule has 118 valence electrons. The number of benzene rings is 2. The van der Waals surface area contributed by atoms with E-state index in [0.717, 1.165) is 0 Å². The smallest absolute Gasteiger partial charge is 0.338 e. The van der Waals surface area contributed by atoms with Gasteiger partial charge in [-0.1, -0.05) is 6.07 Å². The van der Waals surface area contributed by atoms with Crippen molar-refractivity contribution in [1.29, 1.82) is 0 Å². The summed E-state index contributed by atoms with van der Waals surface area (Å²) in [5.74, 6) is -1.27. The highest BCUT2D eigenvalue weighted by atomic mass is 16.6. The maximum absolute atomic E-state index is 11.7. The molecule has 0 bridgehead atoms. The average molecular weight is 315 g/mol. The number of rotatable bonds is 5. The number of hydrogen-bond donors (Lipinski definition) is 2. The van der Waals surface area contributed by atoms with Gasteiger partial charge < -0.3 is 15.8 Å². The van der Waals surface area contributed by atoms with Crippen LogP contribution in [0.5, 0.6) is 0 Å². The van der Waals surface area contributed by atoms with E-state index >= 15 is 0 Å². The zero-order chi connectivity index (χ0) is 16.8. The molecule has 3 N–H and O–H groups in total. The maximum Gasteiger partial charge on any atom is 0.338 e. The Morgan fingerprint density at radius 3 is 2.52 bits per heavy atom. The van der Waals surface area contributed by atoms with Gasteiger partial charge >= 0.3 is 5.97 Å². The van der Waals surface area contributed by atoms with E-state index in [1.807, 2.05) is 0 Å². The lowest BCUT2D eigenvalue weighted by Crippen LogP contribution is -2.21. The van der Waals surface area contributed by atoms with Crippen LogP contribution in [-0.2, 0) is 9.53 Å². The van der Waals surface area contributed by atoms with Crippen LogP contribution in [0.3, 0.4) is 0 Å². The van der Waals surface area contributed by atoms with E-state index in [0.29, 0.717) is 5.69 Å². The van der Waals surface area contributed by atoms with Crippen molar-refractivity contribution in [3.05, 3.63) is 64.2 Å². The van der Waals surface area contributed by atoms with E-state index < -0.39 is 23.4 Å². The molecule has 0 aliphatic carbocycles. The zero-order valence-electron chi connectivity index (χ0n) is 11.9. The number of carbonyl (C=O) groups excluding carboxylic acids is 2. The number of hydrogen-bond acceptors (Lipinski definition) is 6. The minimum absolute atomic E-state index is 0.151. The molecule has 8 nitrogen and oxygen atoms in total. The second kappa shape index (κ2) is 7.03. The van der Waals surface area contributed by atoms with Crippen LogP contribution in [0.1, 0.15) is 10.4 Å². The lowest BCUT2D eigenvalue weighted by atomic mass is 10.2. The van der Waals surface area contributed by atoms with Gasteiger partial charge in [-0.2, -0.15) is 0 Å². The molecule has 2 aromatic rings. The van der Waals surface area contributed by atoms with Crippen molar-refractivity contribution in [2.45, 2.75) is 0 Å². The number of nitrogen functional groups attached to an aromatic ring is 1. The van der Waals surface area contributed by atoms with Crippen LogP contribution in [0.25, 0.3) is 0 Å². The number of nitrogens with one attached hydrogen (secondary N) is 1. The number of nitrogens with zero attached hydrogens (tertiary/aromatic N) is 1. The summed E-state index contributed by atoms with van der Waals surface area (Å²) in [6.45, 7) is -0.508. The predicted octanol–water partition coefficient (Wildman–Crippen LogP) is 1.97. The van der Waals surface area contributed by atoms with Crippen LogP contribution in [0.2, 0.25) is 0 Å². The number of ether oxygens (including phenoxy) is 1. The SMILES string of the molecule is Nc1ccc(C(=O)OCC(=O)Nc2cccc([N+](=O)[O-])c2)cc1. The first-order chi connectivity index (χ1) is 11.0. The van der Waals surface area contributed by atoms with E-state index in [2.05, 4.69) is 5.32 Å². The van der Waals surface area contributed by atoms with Gasteiger partial charge in [-0.05, 0) is 30.3 Å². The summed E-state index contributed by atoms with van der Waals surface area (Å²) in [4.78, 5) is 33.5. The zero-order valence-corrected chi connectivity index (χ0v) is 11.9. The molecule has 0 spiro atoms. The Labute approximate surface area is 131 Å². The van der Waals surface area contributed by atoms with Crippen molar-refractivity contribution in [1.82, 2.24) is 0 Å². The van der Waals surface area contributed by atoms with Crippen LogP contribution in [0.4, 0.5) is 17.1 Å². The Kier molecular flexibility index (Phi) is 4.88. The molecule has 0 unspecified atom stereocenters. The third-order valence-corrected chi connectivity index (χ3v) is 2.82. The van der Waals surface area contributed by atoms with Crippen molar-refractivity contribution in [2.24, 2.45) is 0 Å². The average Bonchev–Trinajstić information content (AvgIpc) is 2.53. The third-order valence-electron chi connectivity index (χ3n) is 2.82. The largest absolute Gasteiger partial charge is 0.452 e. The Balaban J connectivity index is 1.90. The van der Waals surface area contributed by atoms with Gasteiger partial charge in [-0.25, -0.2) is 4.79 Å². The van der Waals surface area contributed by atoms with E-state index in [4.69, 9.17) is 10.5 Å². The topological polar surface area (TPSA) is 125 Å². The summed E-state index contributed by atoms with van der Waals surface area (Å²) >= 11 is 0. The summed E-state index contributed by atoms with van der Waals surface area (Å²) in [7, 11) is 0. The van der Waals surface area contributed by atoms with Crippen molar-refractivity contribution in [3.63, 3.8) is 0 Å². The minimum atomic E-state index is -0.667. The predicted molar refractivity (Wildman–Crippen MR) is 82.9 cm³/mol. The molecule has 0 atom stereocenters. The lowest BCUT2D eigenvalue weighted by Gasteiger charge is -2.06. The molecule has 0 aliphatic rings. The number of amides is 1. The molecule has 0 aliphatic heterocycles. The minimum Gasteiger partial charge on any atom is -0.452 e. The molecule has 0 saturated carbocycles. The highest BCUT2D eigenvalue weighted by Crippen LogP contribution is 2.16. The summed E-state index contributed by atoms with van der Waals surface area (Å²) < 4.78 is 4.85. The number of anilines is 2. The van der Waals surface area contributed by atoms with Gasteiger partial charge in [-0.15, -0.1) is 0 Å². The molecule has 2 rings (SSSR count). The first-order valence-corrected chi connectivity index (χ1v) is 6.52. The fraction of sp³-hybridized carbons (Fsp3) is 0.0667. The third kappa shape index (κ3) is 4.53. The molecule has 0 heterocycles. The number of nitro benzene ring substituents is 1. The van der Waals surface area contributed by atoms with Crippen LogP contribution < -0.4 is 11.1 Å². The van der Waals surface area contributed by atoms with E-state index in [1.165, 1.54) is 36.4 Å². The number of carbonyl (C=O) groups is 2. The summed E-state index contributed by atoms with van der Waals surface area (Å²) in [6, 6.07) is 11.5. The molecular weight excluding hydrogens is 302 g/mol. The van der Waals surface area contributed by atoms with Crippen LogP contribution >= 0.6 is 0 Å². The Hall–Kier alpha value is -3.42. The monoisotopic (exact) mass is 315 g/mol. The molecule has 2 aromatic carbocycles. The number of esters is 1. The number of non-ortho nitro benzene ring substituents is 1. The molecule has 23 heavy (non-hydrogen) atoms. The second-order valence-electron chi connectivity index (χ2n) is 4.55. The molecule has 0 fully saturated rings.